The zero-order valence-corrected chi connectivity index (χ0v) is 11.5. The molecule has 19 heavy (non-hydrogen) atoms. The highest BCUT2D eigenvalue weighted by atomic mass is 16.1. The summed E-state index contributed by atoms with van der Waals surface area (Å²) < 4.78 is 2.11. The van der Waals surface area contributed by atoms with Crippen molar-refractivity contribution < 1.29 is 4.79 Å². The summed E-state index contributed by atoms with van der Waals surface area (Å²) in [7, 11) is 0. The fourth-order valence-electron chi connectivity index (χ4n) is 1.97. The number of nitrogens with zero attached hydrogens (tertiary/aromatic N) is 1. The minimum Gasteiger partial charge on any atom is -0.354 e. The van der Waals surface area contributed by atoms with Crippen LogP contribution in [-0.4, -0.2) is 17.0 Å². The maximum atomic E-state index is 12.0. The van der Waals surface area contributed by atoms with Gasteiger partial charge >= 0.3 is 0 Å². The van der Waals surface area contributed by atoms with E-state index in [0.717, 1.165) is 24.1 Å². The maximum absolute atomic E-state index is 12.0. The summed E-state index contributed by atoms with van der Waals surface area (Å²) in [5.74, 6) is 0.00982. The first-order valence-corrected chi connectivity index (χ1v) is 6.63. The van der Waals surface area contributed by atoms with Gasteiger partial charge < -0.3 is 9.88 Å². The van der Waals surface area contributed by atoms with Crippen molar-refractivity contribution in [1.29, 1.82) is 0 Å². The van der Waals surface area contributed by atoms with Crippen LogP contribution in [0.1, 0.15) is 27.9 Å². The summed E-state index contributed by atoms with van der Waals surface area (Å²) in [6, 6.07) is 9.83. The molecule has 1 amide bonds. The summed E-state index contributed by atoms with van der Waals surface area (Å²) in [4.78, 5) is 12.0. The molecular formula is C16H20N2O. The van der Waals surface area contributed by atoms with Crippen LogP contribution < -0.4 is 5.32 Å². The molecule has 0 saturated heterocycles. The van der Waals surface area contributed by atoms with Gasteiger partial charge in [-0.15, -0.1) is 0 Å². The van der Waals surface area contributed by atoms with Crippen molar-refractivity contribution in [3.8, 4) is 0 Å². The van der Waals surface area contributed by atoms with Gasteiger partial charge in [-0.1, -0.05) is 6.07 Å². The molecule has 0 saturated carbocycles. The Labute approximate surface area is 114 Å². The SMILES string of the molecule is Cc1ccc(C(=O)NCCCn2cccc2)cc1C. The van der Waals surface area contributed by atoms with Crippen LogP contribution in [0.25, 0.3) is 0 Å². The molecule has 0 spiro atoms. The molecule has 1 aromatic heterocycles. The highest BCUT2D eigenvalue weighted by Gasteiger charge is 2.05. The van der Waals surface area contributed by atoms with Crippen LogP contribution >= 0.6 is 0 Å². The Bertz CT molecular complexity index is 544. The van der Waals surface area contributed by atoms with Gasteiger partial charge in [-0.2, -0.15) is 0 Å². The molecule has 3 heteroatoms. The first-order valence-electron chi connectivity index (χ1n) is 6.63. The highest BCUT2D eigenvalue weighted by molar-refractivity contribution is 5.94. The number of aromatic nitrogens is 1. The van der Waals surface area contributed by atoms with E-state index in [0.29, 0.717) is 6.54 Å². The van der Waals surface area contributed by atoms with Crippen molar-refractivity contribution in [2.45, 2.75) is 26.8 Å². The zero-order valence-electron chi connectivity index (χ0n) is 11.5. The van der Waals surface area contributed by atoms with E-state index in [4.69, 9.17) is 0 Å². The van der Waals surface area contributed by atoms with E-state index < -0.39 is 0 Å². The highest BCUT2D eigenvalue weighted by Crippen LogP contribution is 2.09. The van der Waals surface area contributed by atoms with E-state index in [1.54, 1.807) is 0 Å². The van der Waals surface area contributed by atoms with Crippen molar-refractivity contribution in [1.82, 2.24) is 9.88 Å². The molecule has 2 rings (SSSR count). The van der Waals surface area contributed by atoms with E-state index in [1.165, 1.54) is 5.56 Å². The molecule has 0 aliphatic carbocycles. The molecular weight excluding hydrogens is 236 g/mol. The average molecular weight is 256 g/mol. The summed E-state index contributed by atoms with van der Waals surface area (Å²) in [5, 5.41) is 2.96. The number of nitrogens with one attached hydrogen (secondary N) is 1. The Balaban J connectivity index is 1.79. The monoisotopic (exact) mass is 256 g/mol. The maximum Gasteiger partial charge on any atom is 0.251 e. The molecule has 0 bridgehead atoms. The summed E-state index contributed by atoms with van der Waals surface area (Å²) in [6.07, 6.45) is 5.00. The second-order valence-electron chi connectivity index (χ2n) is 4.83. The third-order valence-corrected chi connectivity index (χ3v) is 3.31. The van der Waals surface area contributed by atoms with Crippen molar-refractivity contribution in [3.05, 3.63) is 59.4 Å². The number of carbonyl (C=O) groups is 1. The van der Waals surface area contributed by atoms with Gasteiger partial charge in [0.15, 0.2) is 0 Å². The van der Waals surface area contributed by atoms with Crippen molar-refractivity contribution in [2.75, 3.05) is 6.54 Å². The van der Waals surface area contributed by atoms with Crippen molar-refractivity contribution >= 4 is 5.91 Å². The fraction of sp³-hybridized carbons (Fsp3) is 0.312. The number of hydrogen-bond donors (Lipinski definition) is 1. The van der Waals surface area contributed by atoms with Gasteiger partial charge in [0.1, 0.15) is 0 Å². The lowest BCUT2D eigenvalue weighted by Crippen LogP contribution is -2.25. The Kier molecular flexibility index (Phi) is 4.39. The molecule has 1 aromatic carbocycles. The number of amides is 1. The van der Waals surface area contributed by atoms with Gasteiger partial charge in [0.05, 0.1) is 0 Å². The van der Waals surface area contributed by atoms with Crippen LogP contribution in [0, 0.1) is 13.8 Å². The Morgan fingerprint density at radius 3 is 2.58 bits per heavy atom. The second kappa shape index (κ2) is 6.23. The van der Waals surface area contributed by atoms with Crippen LogP contribution in [0.15, 0.2) is 42.7 Å². The van der Waals surface area contributed by atoms with E-state index in [2.05, 4.69) is 9.88 Å². The predicted octanol–water partition coefficient (Wildman–Crippen LogP) is 2.93. The minimum absolute atomic E-state index is 0.00982. The van der Waals surface area contributed by atoms with Crippen LogP contribution in [0.4, 0.5) is 0 Å². The van der Waals surface area contributed by atoms with Gasteiger partial charge in [-0.25, -0.2) is 0 Å². The quantitative estimate of drug-likeness (QED) is 0.820. The van der Waals surface area contributed by atoms with Crippen LogP contribution in [0.2, 0.25) is 0 Å². The van der Waals surface area contributed by atoms with Crippen molar-refractivity contribution in [3.63, 3.8) is 0 Å². The molecule has 0 unspecified atom stereocenters. The molecule has 0 aliphatic heterocycles. The molecule has 0 radical (unpaired) electrons. The van der Waals surface area contributed by atoms with Crippen LogP contribution in [0.3, 0.4) is 0 Å². The summed E-state index contributed by atoms with van der Waals surface area (Å²) >= 11 is 0. The van der Waals surface area contributed by atoms with Gasteiger partial charge in [-0.05, 0) is 55.7 Å². The first kappa shape index (κ1) is 13.4. The van der Waals surface area contributed by atoms with E-state index in [-0.39, 0.29) is 5.91 Å². The van der Waals surface area contributed by atoms with Crippen LogP contribution in [-0.2, 0) is 6.54 Å². The number of rotatable bonds is 5. The van der Waals surface area contributed by atoms with Gasteiger partial charge in [0.2, 0.25) is 0 Å². The smallest absolute Gasteiger partial charge is 0.251 e. The van der Waals surface area contributed by atoms with Crippen molar-refractivity contribution in [2.24, 2.45) is 0 Å². The molecule has 1 N–H and O–H groups in total. The standard InChI is InChI=1S/C16H20N2O/c1-13-6-7-15(12-14(13)2)16(19)17-8-5-11-18-9-3-4-10-18/h3-4,6-7,9-10,12H,5,8,11H2,1-2H3,(H,17,19). The minimum atomic E-state index is 0.00982. The van der Waals surface area contributed by atoms with Crippen LogP contribution in [0.5, 0.6) is 0 Å². The van der Waals surface area contributed by atoms with E-state index in [9.17, 15) is 4.79 Å². The van der Waals surface area contributed by atoms with Gasteiger partial charge in [0.25, 0.3) is 5.91 Å². The third kappa shape index (κ3) is 3.71. The van der Waals surface area contributed by atoms with Gasteiger partial charge in [0, 0.05) is 31.0 Å². The van der Waals surface area contributed by atoms with E-state index in [1.807, 2.05) is 56.6 Å². The lowest BCUT2D eigenvalue weighted by atomic mass is 10.1. The molecule has 1 heterocycles. The molecule has 0 fully saturated rings. The Hall–Kier alpha value is -2.03. The normalized spacial score (nSPS) is 10.4. The lowest BCUT2D eigenvalue weighted by Gasteiger charge is -2.07. The average Bonchev–Trinajstić information content (AvgIpc) is 2.91. The van der Waals surface area contributed by atoms with Gasteiger partial charge in [-0.3, -0.25) is 4.79 Å². The third-order valence-electron chi connectivity index (χ3n) is 3.31. The molecule has 0 aliphatic rings. The summed E-state index contributed by atoms with van der Waals surface area (Å²) in [5.41, 5.74) is 3.10. The largest absolute Gasteiger partial charge is 0.354 e. The predicted molar refractivity (Wildman–Crippen MR) is 77.3 cm³/mol. The molecule has 100 valence electrons. The number of hydrogen-bond acceptors (Lipinski definition) is 1. The Morgan fingerprint density at radius 2 is 1.89 bits per heavy atom. The number of benzene rings is 1. The summed E-state index contributed by atoms with van der Waals surface area (Å²) in [6.45, 7) is 5.70. The fourth-order valence-corrected chi connectivity index (χ4v) is 1.97. The van der Waals surface area contributed by atoms with E-state index >= 15 is 0 Å². The Morgan fingerprint density at radius 1 is 1.16 bits per heavy atom. The topological polar surface area (TPSA) is 34.0 Å². The molecule has 0 atom stereocenters. The molecule has 2 aromatic rings. The lowest BCUT2D eigenvalue weighted by molar-refractivity contribution is 0.0952. The number of aryl methyl sites for hydroxylation is 3. The first-order chi connectivity index (χ1) is 9.16. The molecule has 3 nitrogen and oxygen atoms in total. The second-order valence-corrected chi connectivity index (χ2v) is 4.83. The zero-order chi connectivity index (χ0) is 13.7. The number of carbonyl (C=O) groups excluding carboxylic acids is 1.